The van der Waals surface area contributed by atoms with Crippen molar-refractivity contribution in [1.29, 1.82) is 0 Å². The minimum atomic E-state index is -2.67. The smallest absolute Gasteiger partial charge is 0.270 e. The molecule has 4 nitrogen and oxygen atoms in total. The third-order valence-corrected chi connectivity index (χ3v) is 1.21. The van der Waals surface area contributed by atoms with Crippen LogP contribution in [0.25, 0.3) is 0 Å². The fraction of sp³-hybridized carbons (Fsp3) is 0.667. The van der Waals surface area contributed by atoms with Gasteiger partial charge in [0, 0.05) is 0 Å². The second-order valence-corrected chi connectivity index (χ2v) is 2.20. The van der Waals surface area contributed by atoms with Crippen LogP contribution in [0.5, 0.6) is 0 Å². The summed E-state index contributed by atoms with van der Waals surface area (Å²) in [5.41, 5.74) is 0. The Labute approximate surface area is 60.3 Å². The lowest BCUT2D eigenvalue weighted by atomic mass is 10.9. The molecule has 0 aromatic carbocycles. The van der Waals surface area contributed by atoms with Gasteiger partial charge in [0.05, 0.1) is 6.61 Å². The van der Waals surface area contributed by atoms with Crippen LogP contribution >= 0.6 is 12.2 Å². The van der Waals surface area contributed by atoms with Crippen molar-refractivity contribution in [3.8, 4) is 0 Å². The largest absolute Gasteiger partial charge is 0.471 e. The molecule has 0 aliphatic carbocycles. The highest BCUT2D eigenvalue weighted by molar-refractivity contribution is 7.82. The van der Waals surface area contributed by atoms with Crippen molar-refractivity contribution in [1.82, 2.24) is 4.72 Å². The standard InChI is InChI=1S/C3H7NO3S2/c1-2-7-3(8)4-9(5)6/h9H,2H2,1H3,(H,4,5,6,8). The van der Waals surface area contributed by atoms with Gasteiger partial charge in [0.1, 0.15) is 0 Å². The summed E-state index contributed by atoms with van der Waals surface area (Å²) in [5.74, 6) is 0. The molecule has 0 bridgehead atoms. The zero-order valence-corrected chi connectivity index (χ0v) is 6.50. The van der Waals surface area contributed by atoms with Crippen molar-refractivity contribution < 1.29 is 13.2 Å². The van der Waals surface area contributed by atoms with Gasteiger partial charge in [0.2, 0.25) is 10.9 Å². The lowest BCUT2D eigenvalue weighted by Crippen LogP contribution is -2.21. The zero-order chi connectivity index (χ0) is 7.28. The molecule has 0 unspecified atom stereocenters. The predicted octanol–water partition coefficient (Wildman–Crippen LogP) is -0.576. The van der Waals surface area contributed by atoms with Crippen LogP contribution in [0.2, 0.25) is 0 Å². The third-order valence-electron chi connectivity index (χ3n) is 0.458. The minimum absolute atomic E-state index is 0.103. The number of ether oxygens (including phenoxy) is 1. The number of hydrogen-bond acceptors (Lipinski definition) is 4. The second kappa shape index (κ2) is 4.51. The van der Waals surface area contributed by atoms with Gasteiger partial charge in [-0.15, -0.1) is 0 Å². The maximum absolute atomic E-state index is 9.84. The quantitative estimate of drug-likeness (QED) is 0.429. The first-order valence-corrected chi connectivity index (χ1v) is 3.83. The Morgan fingerprint density at radius 2 is 2.33 bits per heavy atom. The Hall–Kier alpha value is -0.360. The highest BCUT2D eigenvalue weighted by atomic mass is 32.2. The lowest BCUT2D eigenvalue weighted by molar-refractivity contribution is 0.327. The molecule has 0 heterocycles. The van der Waals surface area contributed by atoms with Crippen LogP contribution in [0, 0.1) is 0 Å². The van der Waals surface area contributed by atoms with Gasteiger partial charge in [-0.1, -0.05) is 0 Å². The van der Waals surface area contributed by atoms with E-state index in [0.29, 0.717) is 6.61 Å². The van der Waals surface area contributed by atoms with Crippen LogP contribution in [-0.2, 0) is 15.6 Å². The molecular formula is C3H7NO3S2. The van der Waals surface area contributed by atoms with Crippen LogP contribution in [0.1, 0.15) is 6.92 Å². The Morgan fingerprint density at radius 3 is 2.67 bits per heavy atom. The Bertz CT molecular complexity index is 156. The second-order valence-electron chi connectivity index (χ2n) is 1.09. The molecule has 1 N–H and O–H groups in total. The topological polar surface area (TPSA) is 55.4 Å². The zero-order valence-electron chi connectivity index (χ0n) is 4.79. The first kappa shape index (κ1) is 8.64. The molecule has 6 heteroatoms. The van der Waals surface area contributed by atoms with E-state index in [9.17, 15) is 8.42 Å². The van der Waals surface area contributed by atoms with E-state index in [2.05, 4.69) is 17.0 Å². The summed E-state index contributed by atoms with van der Waals surface area (Å²) in [6.45, 7) is 2.08. The first-order valence-electron chi connectivity index (χ1n) is 2.24. The van der Waals surface area contributed by atoms with E-state index in [1.54, 1.807) is 6.92 Å². The molecule has 0 radical (unpaired) electrons. The molecule has 0 atom stereocenters. The lowest BCUT2D eigenvalue weighted by Gasteiger charge is -1.99. The van der Waals surface area contributed by atoms with Crippen molar-refractivity contribution in [2.45, 2.75) is 6.92 Å². The van der Waals surface area contributed by atoms with Gasteiger partial charge in [-0.3, -0.25) is 0 Å². The Balaban J connectivity index is 3.51. The molecule has 0 amide bonds. The van der Waals surface area contributed by atoms with Crippen LogP contribution in [0.15, 0.2) is 0 Å². The molecule has 0 aliphatic heterocycles. The van der Waals surface area contributed by atoms with E-state index < -0.39 is 10.9 Å². The van der Waals surface area contributed by atoms with Crippen LogP contribution < -0.4 is 4.72 Å². The monoisotopic (exact) mass is 169 g/mol. The van der Waals surface area contributed by atoms with Gasteiger partial charge in [-0.25, -0.2) is 13.1 Å². The molecular weight excluding hydrogens is 162 g/mol. The predicted molar refractivity (Wildman–Crippen MR) is 37.7 cm³/mol. The van der Waals surface area contributed by atoms with Crippen molar-refractivity contribution in [3.05, 3.63) is 0 Å². The SMILES string of the molecule is CCOC(=S)N[SH](=O)=O. The fourth-order valence-electron chi connectivity index (χ4n) is 0.238. The Morgan fingerprint density at radius 1 is 1.78 bits per heavy atom. The van der Waals surface area contributed by atoms with Crippen LogP contribution in [0.4, 0.5) is 0 Å². The number of rotatable bonds is 2. The molecule has 0 aromatic heterocycles. The van der Waals surface area contributed by atoms with E-state index in [1.165, 1.54) is 0 Å². The maximum atomic E-state index is 9.84. The van der Waals surface area contributed by atoms with Gasteiger partial charge in [0.25, 0.3) is 5.17 Å². The van der Waals surface area contributed by atoms with Crippen LogP contribution in [0.3, 0.4) is 0 Å². The molecule has 0 aliphatic rings. The molecule has 0 spiro atoms. The Kier molecular flexibility index (Phi) is 4.33. The number of thiol groups is 1. The summed E-state index contributed by atoms with van der Waals surface area (Å²) in [6.07, 6.45) is 0. The molecule has 0 saturated heterocycles. The van der Waals surface area contributed by atoms with Gasteiger partial charge in [-0.05, 0) is 19.1 Å². The maximum Gasteiger partial charge on any atom is 0.270 e. The van der Waals surface area contributed by atoms with Crippen molar-refractivity contribution in [2.75, 3.05) is 6.61 Å². The summed E-state index contributed by atoms with van der Waals surface area (Å²) in [6, 6.07) is 0. The third kappa shape index (κ3) is 5.51. The number of hydrogen-bond donors (Lipinski definition) is 2. The molecule has 0 aromatic rings. The fourth-order valence-corrected chi connectivity index (χ4v) is 0.793. The van der Waals surface area contributed by atoms with E-state index in [-0.39, 0.29) is 5.17 Å². The summed E-state index contributed by atoms with van der Waals surface area (Å²) in [5, 5.41) is -0.103. The van der Waals surface area contributed by atoms with Gasteiger partial charge in [-0.2, -0.15) is 0 Å². The molecule has 0 fully saturated rings. The number of nitrogens with one attached hydrogen (secondary N) is 1. The van der Waals surface area contributed by atoms with E-state index in [0.717, 1.165) is 0 Å². The first-order chi connectivity index (χ1) is 4.16. The van der Waals surface area contributed by atoms with Crippen molar-refractivity contribution >= 4 is 28.3 Å². The van der Waals surface area contributed by atoms with Crippen molar-refractivity contribution in [3.63, 3.8) is 0 Å². The molecule has 0 rings (SSSR count). The van der Waals surface area contributed by atoms with Crippen molar-refractivity contribution in [2.24, 2.45) is 0 Å². The molecule has 0 saturated carbocycles. The highest BCUT2D eigenvalue weighted by Gasteiger charge is 1.91. The van der Waals surface area contributed by atoms with Gasteiger partial charge >= 0.3 is 0 Å². The molecule has 9 heavy (non-hydrogen) atoms. The summed E-state index contributed by atoms with van der Waals surface area (Å²) < 4.78 is 26.2. The summed E-state index contributed by atoms with van der Waals surface area (Å²) in [4.78, 5) is 0. The van der Waals surface area contributed by atoms with Gasteiger partial charge in [0.15, 0.2) is 0 Å². The normalized spacial score (nSPS) is 9.11. The van der Waals surface area contributed by atoms with E-state index in [4.69, 9.17) is 0 Å². The number of thiocarbonyl (C=S) groups is 1. The minimum Gasteiger partial charge on any atom is -0.471 e. The van der Waals surface area contributed by atoms with E-state index in [1.807, 2.05) is 4.72 Å². The van der Waals surface area contributed by atoms with E-state index >= 15 is 0 Å². The average Bonchev–Trinajstić information content (AvgIpc) is 1.63. The highest BCUT2D eigenvalue weighted by Crippen LogP contribution is 1.74. The summed E-state index contributed by atoms with van der Waals surface area (Å²) >= 11 is 4.41. The summed E-state index contributed by atoms with van der Waals surface area (Å²) in [7, 11) is -2.67. The van der Waals surface area contributed by atoms with Crippen LogP contribution in [-0.4, -0.2) is 20.2 Å². The molecule has 54 valence electrons. The average molecular weight is 169 g/mol. The van der Waals surface area contributed by atoms with Gasteiger partial charge < -0.3 is 4.74 Å².